The van der Waals surface area contributed by atoms with E-state index in [9.17, 15) is 9.59 Å². The van der Waals surface area contributed by atoms with E-state index in [0.717, 1.165) is 0 Å². The highest BCUT2D eigenvalue weighted by Crippen LogP contribution is 2.25. The maximum Gasteiger partial charge on any atom is 0.258 e. The normalized spacial score (nSPS) is 13.6. The summed E-state index contributed by atoms with van der Waals surface area (Å²) in [5.41, 5.74) is 1.54. The molecule has 1 amide bonds. The van der Waals surface area contributed by atoms with Gasteiger partial charge in [0.05, 0.1) is 31.2 Å². The van der Waals surface area contributed by atoms with E-state index in [1.807, 2.05) is 0 Å². The number of halogens is 1. The van der Waals surface area contributed by atoms with Gasteiger partial charge in [0.15, 0.2) is 0 Å². The van der Waals surface area contributed by atoms with Crippen LogP contribution in [0.1, 0.15) is 21.6 Å². The van der Waals surface area contributed by atoms with Gasteiger partial charge in [0, 0.05) is 17.1 Å². The number of aromatic amines is 1. The smallest absolute Gasteiger partial charge is 0.258 e. The summed E-state index contributed by atoms with van der Waals surface area (Å²) in [5, 5.41) is 0.469. The number of aromatic nitrogens is 2. The number of methoxy groups -OCH3 is 1. The summed E-state index contributed by atoms with van der Waals surface area (Å²) in [6.45, 7) is 0.754. The third kappa shape index (κ3) is 2.57. The SMILES string of the molecule is COc1ccc(Cl)cc1C(=O)N1CCc2c(nc[nH]c2=O)C1. The summed E-state index contributed by atoms with van der Waals surface area (Å²) in [7, 11) is 1.51. The zero-order valence-electron chi connectivity index (χ0n) is 11.9. The molecule has 1 N–H and O–H groups in total. The topological polar surface area (TPSA) is 75.3 Å². The van der Waals surface area contributed by atoms with Crippen LogP contribution in [-0.4, -0.2) is 34.4 Å². The van der Waals surface area contributed by atoms with Gasteiger partial charge in [-0.2, -0.15) is 0 Å². The van der Waals surface area contributed by atoms with Crippen LogP contribution in [0.2, 0.25) is 5.02 Å². The minimum atomic E-state index is -0.188. The minimum absolute atomic E-state index is 0.141. The third-order valence-electron chi connectivity index (χ3n) is 3.69. The average molecular weight is 320 g/mol. The van der Waals surface area contributed by atoms with Gasteiger partial charge in [-0.3, -0.25) is 9.59 Å². The third-order valence-corrected chi connectivity index (χ3v) is 3.93. The Morgan fingerprint density at radius 1 is 1.45 bits per heavy atom. The summed E-state index contributed by atoms with van der Waals surface area (Å²) < 4.78 is 5.22. The van der Waals surface area contributed by atoms with E-state index < -0.39 is 0 Å². The Kier molecular flexibility index (Phi) is 3.85. The Bertz CT molecular complexity index is 788. The van der Waals surface area contributed by atoms with Crippen LogP contribution < -0.4 is 10.3 Å². The van der Waals surface area contributed by atoms with E-state index in [0.29, 0.717) is 47.1 Å². The van der Waals surface area contributed by atoms with Crippen molar-refractivity contribution in [1.29, 1.82) is 0 Å². The van der Waals surface area contributed by atoms with Gasteiger partial charge in [0.25, 0.3) is 11.5 Å². The zero-order chi connectivity index (χ0) is 15.7. The molecule has 1 aliphatic rings. The first kappa shape index (κ1) is 14.6. The number of amides is 1. The van der Waals surface area contributed by atoms with E-state index >= 15 is 0 Å². The number of nitrogens with zero attached hydrogens (tertiary/aromatic N) is 2. The lowest BCUT2D eigenvalue weighted by Gasteiger charge is -2.28. The van der Waals surface area contributed by atoms with Crippen LogP contribution in [0.5, 0.6) is 5.75 Å². The molecule has 0 unspecified atom stereocenters. The Morgan fingerprint density at radius 3 is 3.05 bits per heavy atom. The highest BCUT2D eigenvalue weighted by Gasteiger charge is 2.26. The van der Waals surface area contributed by atoms with Crippen LogP contribution in [0, 0.1) is 0 Å². The maximum absolute atomic E-state index is 12.7. The first-order valence-electron chi connectivity index (χ1n) is 6.78. The molecule has 1 aromatic heterocycles. The molecular formula is C15H14ClN3O3. The molecule has 22 heavy (non-hydrogen) atoms. The maximum atomic E-state index is 12.7. The molecule has 1 aromatic carbocycles. The van der Waals surface area contributed by atoms with Crippen molar-refractivity contribution in [3.8, 4) is 5.75 Å². The molecule has 3 rings (SSSR count). The molecule has 2 aromatic rings. The van der Waals surface area contributed by atoms with Gasteiger partial charge < -0.3 is 14.6 Å². The molecule has 114 valence electrons. The molecule has 1 aliphatic heterocycles. The molecule has 7 heteroatoms. The Morgan fingerprint density at radius 2 is 2.27 bits per heavy atom. The molecule has 0 aliphatic carbocycles. The number of ether oxygens (including phenoxy) is 1. The van der Waals surface area contributed by atoms with Crippen molar-refractivity contribution < 1.29 is 9.53 Å². The molecule has 2 heterocycles. The van der Waals surface area contributed by atoms with Crippen LogP contribution in [0.3, 0.4) is 0 Å². The Labute approximate surface area is 131 Å². The number of carbonyl (C=O) groups is 1. The fourth-order valence-corrected chi connectivity index (χ4v) is 2.73. The molecule has 0 saturated heterocycles. The predicted molar refractivity (Wildman–Crippen MR) is 81.3 cm³/mol. The molecule has 0 fully saturated rings. The van der Waals surface area contributed by atoms with Gasteiger partial charge in [-0.1, -0.05) is 11.6 Å². The van der Waals surface area contributed by atoms with E-state index in [2.05, 4.69) is 9.97 Å². The molecule has 0 bridgehead atoms. The quantitative estimate of drug-likeness (QED) is 0.913. The van der Waals surface area contributed by atoms with Crippen LogP contribution in [0.4, 0.5) is 0 Å². The minimum Gasteiger partial charge on any atom is -0.496 e. The van der Waals surface area contributed by atoms with Crippen molar-refractivity contribution in [3.05, 3.63) is 56.7 Å². The van der Waals surface area contributed by atoms with E-state index in [4.69, 9.17) is 16.3 Å². The van der Waals surface area contributed by atoms with E-state index in [1.165, 1.54) is 13.4 Å². The zero-order valence-corrected chi connectivity index (χ0v) is 12.7. The van der Waals surface area contributed by atoms with Crippen molar-refractivity contribution in [2.75, 3.05) is 13.7 Å². The lowest BCUT2D eigenvalue weighted by Crippen LogP contribution is -2.39. The summed E-state index contributed by atoms with van der Waals surface area (Å²) in [6, 6.07) is 4.92. The van der Waals surface area contributed by atoms with Crippen molar-refractivity contribution in [2.45, 2.75) is 13.0 Å². The van der Waals surface area contributed by atoms with Crippen LogP contribution in [0.15, 0.2) is 29.3 Å². The van der Waals surface area contributed by atoms with Crippen molar-refractivity contribution in [1.82, 2.24) is 14.9 Å². The average Bonchev–Trinajstić information content (AvgIpc) is 2.54. The van der Waals surface area contributed by atoms with Gasteiger partial charge in [-0.15, -0.1) is 0 Å². The number of carbonyl (C=O) groups excluding carboxylic acids is 1. The molecular weight excluding hydrogens is 306 g/mol. The summed E-state index contributed by atoms with van der Waals surface area (Å²) in [6.07, 6.45) is 1.84. The van der Waals surface area contributed by atoms with Gasteiger partial charge in [-0.25, -0.2) is 4.98 Å². The molecule has 6 nitrogen and oxygen atoms in total. The number of hydrogen-bond donors (Lipinski definition) is 1. The number of H-pyrrole nitrogens is 1. The van der Waals surface area contributed by atoms with Crippen molar-refractivity contribution in [3.63, 3.8) is 0 Å². The molecule has 0 radical (unpaired) electrons. The predicted octanol–water partition coefficient (Wildman–Crippen LogP) is 1.63. The highest BCUT2D eigenvalue weighted by molar-refractivity contribution is 6.31. The van der Waals surface area contributed by atoms with Gasteiger partial charge in [0.1, 0.15) is 5.75 Å². The first-order chi connectivity index (χ1) is 10.6. The number of hydrogen-bond acceptors (Lipinski definition) is 4. The van der Waals surface area contributed by atoms with Crippen molar-refractivity contribution in [2.24, 2.45) is 0 Å². The summed E-state index contributed by atoms with van der Waals surface area (Å²) >= 11 is 5.97. The van der Waals surface area contributed by atoms with Crippen LogP contribution >= 0.6 is 11.6 Å². The molecule has 0 saturated carbocycles. The lowest BCUT2D eigenvalue weighted by atomic mass is 10.1. The van der Waals surface area contributed by atoms with E-state index in [-0.39, 0.29) is 11.5 Å². The fraction of sp³-hybridized carbons (Fsp3) is 0.267. The monoisotopic (exact) mass is 319 g/mol. The number of nitrogens with one attached hydrogen (secondary N) is 1. The Balaban J connectivity index is 1.92. The summed E-state index contributed by atoms with van der Waals surface area (Å²) in [5.74, 6) is 0.283. The van der Waals surface area contributed by atoms with Crippen LogP contribution in [0.25, 0.3) is 0 Å². The number of fused-ring (bicyclic) bond motifs is 1. The standard InChI is InChI=1S/C15H14ClN3O3/c1-22-13-3-2-9(16)6-11(13)15(21)19-5-4-10-12(7-19)17-8-18-14(10)20/h2-3,6,8H,4-5,7H2,1H3,(H,17,18,20). The van der Waals surface area contributed by atoms with Crippen molar-refractivity contribution >= 4 is 17.5 Å². The fourth-order valence-electron chi connectivity index (χ4n) is 2.56. The Hall–Kier alpha value is -2.34. The number of rotatable bonds is 2. The molecule has 0 atom stereocenters. The molecule has 0 spiro atoms. The lowest BCUT2D eigenvalue weighted by molar-refractivity contribution is 0.0728. The second kappa shape index (κ2) is 5.81. The highest BCUT2D eigenvalue weighted by atomic mass is 35.5. The first-order valence-corrected chi connectivity index (χ1v) is 7.16. The van der Waals surface area contributed by atoms with E-state index in [1.54, 1.807) is 23.1 Å². The van der Waals surface area contributed by atoms with Crippen LogP contribution in [-0.2, 0) is 13.0 Å². The second-order valence-electron chi connectivity index (χ2n) is 4.98. The van der Waals surface area contributed by atoms with Gasteiger partial charge in [-0.05, 0) is 24.6 Å². The number of benzene rings is 1. The van der Waals surface area contributed by atoms with Gasteiger partial charge in [0.2, 0.25) is 0 Å². The second-order valence-corrected chi connectivity index (χ2v) is 5.41. The summed E-state index contributed by atoms with van der Waals surface area (Å²) in [4.78, 5) is 32.8. The largest absolute Gasteiger partial charge is 0.496 e. The van der Waals surface area contributed by atoms with Gasteiger partial charge >= 0.3 is 0 Å².